The smallest absolute Gasteiger partial charge is 0.172 e. The second-order valence-electron chi connectivity index (χ2n) is 2.03. The first-order valence-corrected chi connectivity index (χ1v) is 3.21. The molecule has 0 atom stereocenters. The van der Waals surface area contributed by atoms with Gasteiger partial charge in [-0.2, -0.15) is 0 Å². The number of rotatable bonds is 0. The summed E-state index contributed by atoms with van der Waals surface area (Å²) in [6.45, 7) is 1.51. The van der Waals surface area contributed by atoms with Gasteiger partial charge in [-0.3, -0.25) is 0 Å². The average molecular weight is 160 g/mol. The number of benzene rings is 1. The molecule has 1 aromatic rings. The highest BCUT2D eigenvalue weighted by Gasteiger charge is 2.06. The summed E-state index contributed by atoms with van der Waals surface area (Å²) in [7, 11) is 0. The molecular formula is C7H6F2S. The van der Waals surface area contributed by atoms with Crippen molar-refractivity contribution in [1.29, 1.82) is 0 Å². The Hall–Kier alpha value is -0.570. The van der Waals surface area contributed by atoms with Crippen molar-refractivity contribution >= 4 is 12.6 Å². The highest BCUT2D eigenvalue weighted by molar-refractivity contribution is 7.80. The van der Waals surface area contributed by atoms with E-state index in [1.165, 1.54) is 19.1 Å². The van der Waals surface area contributed by atoms with Gasteiger partial charge in [0.2, 0.25) is 0 Å². The molecule has 0 heterocycles. The van der Waals surface area contributed by atoms with Crippen LogP contribution in [0, 0.1) is 18.6 Å². The molecule has 0 spiro atoms. The van der Waals surface area contributed by atoms with Crippen molar-refractivity contribution in [2.45, 2.75) is 11.8 Å². The van der Waals surface area contributed by atoms with E-state index < -0.39 is 11.6 Å². The summed E-state index contributed by atoms with van der Waals surface area (Å²) < 4.78 is 25.1. The van der Waals surface area contributed by atoms with Crippen LogP contribution in [-0.2, 0) is 0 Å². The third-order valence-corrected chi connectivity index (χ3v) is 1.60. The molecular weight excluding hydrogens is 154 g/mol. The van der Waals surface area contributed by atoms with Crippen LogP contribution in [0.1, 0.15) is 5.56 Å². The van der Waals surface area contributed by atoms with Gasteiger partial charge in [0.25, 0.3) is 0 Å². The van der Waals surface area contributed by atoms with Crippen molar-refractivity contribution in [2.24, 2.45) is 0 Å². The monoisotopic (exact) mass is 160 g/mol. The van der Waals surface area contributed by atoms with Gasteiger partial charge < -0.3 is 0 Å². The Morgan fingerprint density at radius 2 is 1.80 bits per heavy atom. The molecule has 54 valence electrons. The van der Waals surface area contributed by atoms with Crippen molar-refractivity contribution in [3.05, 3.63) is 29.3 Å². The van der Waals surface area contributed by atoms with Crippen LogP contribution in [0.25, 0.3) is 0 Å². The predicted octanol–water partition coefficient (Wildman–Crippen LogP) is 2.56. The first kappa shape index (κ1) is 7.54. The normalized spacial score (nSPS) is 10.0. The molecule has 0 aliphatic rings. The van der Waals surface area contributed by atoms with Crippen molar-refractivity contribution in [2.75, 3.05) is 0 Å². The molecule has 0 N–H and O–H groups in total. The topological polar surface area (TPSA) is 0 Å². The summed E-state index contributed by atoms with van der Waals surface area (Å²) in [6, 6.07) is 2.91. The van der Waals surface area contributed by atoms with Gasteiger partial charge >= 0.3 is 0 Å². The Kier molecular flexibility index (Phi) is 1.94. The maximum atomic E-state index is 12.6. The fourth-order valence-corrected chi connectivity index (χ4v) is 0.809. The molecule has 0 fully saturated rings. The fourth-order valence-electron chi connectivity index (χ4n) is 0.636. The molecule has 10 heavy (non-hydrogen) atoms. The number of hydrogen-bond donors (Lipinski definition) is 1. The van der Waals surface area contributed by atoms with Gasteiger partial charge in [-0.05, 0) is 18.6 Å². The van der Waals surface area contributed by atoms with Crippen LogP contribution in [0.2, 0.25) is 0 Å². The van der Waals surface area contributed by atoms with Crippen LogP contribution in [0.15, 0.2) is 17.0 Å². The molecule has 1 rings (SSSR count). The van der Waals surface area contributed by atoms with E-state index >= 15 is 0 Å². The maximum absolute atomic E-state index is 12.6. The Bertz CT molecular complexity index is 231. The summed E-state index contributed by atoms with van der Waals surface area (Å²) in [4.78, 5) is 0.0445. The van der Waals surface area contributed by atoms with E-state index in [0.717, 1.165) is 0 Å². The van der Waals surface area contributed by atoms with Gasteiger partial charge in [0, 0.05) is 4.90 Å². The molecule has 0 aliphatic heterocycles. The van der Waals surface area contributed by atoms with Crippen LogP contribution < -0.4 is 0 Å². The lowest BCUT2D eigenvalue weighted by Crippen LogP contribution is -1.88. The van der Waals surface area contributed by atoms with Crippen LogP contribution in [-0.4, -0.2) is 0 Å². The minimum absolute atomic E-state index is 0.0445. The molecule has 1 aromatic carbocycles. The van der Waals surface area contributed by atoms with E-state index in [1.807, 2.05) is 0 Å². The van der Waals surface area contributed by atoms with Crippen molar-refractivity contribution in [3.63, 3.8) is 0 Å². The highest BCUT2D eigenvalue weighted by atomic mass is 32.1. The van der Waals surface area contributed by atoms with Gasteiger partial charge in [0.05, 0.1) is 0 Å². The molecule has 3 heteroatoms. The number of halogens is 2. The molecule has 0 amide bonds. The standard InChI is InChI=1S/C7H6F2S/c1-4-2-3-5(10)7(9)6(4)8/h2-3,10H,1H3. The molecule has 0 radical (unpaired) electrons. The molecule has 0 aromatic heterocycles. The summed E-state index contributed by atoms with van der Waals surface area (Å²) in [5, 5.41) is 0. The number of aryl methyl sites for hydroxylation is 1. The van der Waals surface area contributed by atoms with Gasteiger partial charge in [0.15, 0.2) is 11.6 Å². The lowest BCUT2D eigenvalue weighted by Gasteiger charge is -1.98. The average Bonchev–Trinajstić information content (AvgIpc) is 1.93. The van der Waals surface area contributed by atoms with E-state index in [-0.39, 0.29) is 4.90 Å². The van der Waals surface area contributed by atoms with E-state index in [9.17, 15) is 8.78 Å². The Labute approximate surface area is 63.3 Å². The number of hydrogen-bond acceptors (Lipinski definition) is 1. The van der Waals surface area contributed by atoms with Crippen LogP contribution in [0.4, 0.5) is 8.78 Å². The SMILES string of the molecule is Cc1ccc(S)c(F)c1F. The van der Waals surface area contributed by atoms with Crippen LogP contribution >= 0.6 is 12.6 Å². The van der Waals surface area contributed by atoms with Crippen LogP contribution in [0.5, 0.6) is 0 Å². The fraction of sp³-hybridized carbons (Fsp3) is 0.143. The summed E-state index contributed by atoms with van der Waals surface area (Å²) in [6.07, 6.45) is 0. The first-order chi connectivity index (χ1) is 4.63. The zero-order valence-electron chi connectivity index (χ0n) is 5.36. The van der Waals surface area contributed by atoms with Gasteiger partial charge in [-0.15, -0.1) is 12.6 Å². The van der Waals surface area contributed by atoms with Crippen LogP contribution in [0.3, 0.4) is 0 Å². The zero-order chi connectivity index (χ0) is 7.72. The molecule has 0 bridgehead atoms. The number of thiol groups is 1. The van der Waals surface area contributed by atoms with Gasteiger partial charge in [-0.1, -0.05) is 6.07 Å². The summed E-state index contributed by atoms with van der Waals surface area (Å²) in [5.74, 6) is -1.68. The summed E-state index contributed by atoms with van der Waals surface area (Å²) in [5.41, 5.74) is 0.301. The largest absolute Gasteiger partial charge is 0.203 e. The van der Waals surface area contributed by atoms with E-state index in [4.69, 9.17) is 0 Å². The third kappa shape index (κ3) is 1.14. The second kappa shape index (κ2) is 2.58. The molecule has 0 unspecified atom stereocenters. The minimum Gasteiger partial charge on any atom is -0.203 e. The quantitative estimate of drug-likeness (QED) is 0.554. The highest BCUT2D eigenvalue weighted by Crippen LogP contribution is 2.17. The van der Waals surface area contributed by atoms with Crippen molar-refractivity contribution < 1.29 is 8.78 Å². The maximum Gasteiger partial charge on any atom is 0.172 e. The van der Waals surface area contributed by atoms with E-state index in [1.54, 1.807) is 0 Å². The molecule has 0 saturated heterocycles. The minimum atomic E-state index is -0.872. The molecule has 0 saturated carbocycles. The Balaban J connectivity index is 3.34. The lowest BCUT2D eigenvalue weighted by molar-refractivity contribution is 0.487. The van der Waals surface area contributed by atoms with Crippen molar-refractivity contribution in [3.8, 4) is 0 Å². The van der Waals surface area contributed by atoms with Gasteiger partial charge in [0.1, 0.15) is 0 Å². The molecule has 0 aliphatic carbocycles. The Morgan fingerprint density at radius 1 is 1.20 bits per heavy atom. The van der Waals surface area contributed by atoms with E-state index in [0.29, 0.717) is 5.56 Å². The zero-order valence-corrected chi connectivity index (χ0v) is 6.25. The first-order valence-electron chi connectivity index (χ1n) is 2.76. The second-order valence-corrected chi connectivity index (χ2v) is 2.51. The van der Waals surface area contributed by atoms with E-state index in [2.05, 4.69) is 12.6 Å². The predicted molar refractivity (Wildman–Crippen MR) is 38.3 cm³/mol. The van der Waals surface area contributed by atoms with Gasteiger partial charge in [-0.25, -0.2) is 8.78 Å². The molecule has 0 nitrogen and oxygen atoms in total. The lowest BCUT2D eigenvalue weighted by atomic mass is 10.2. The van der Waals surface area contributed by atoms with Crippen molar-refractivity contribution in [1.82, 2.24) is 0 Å². The Morgan fingerprint density at radius 3 is 2.30 bits per heavy atom. The third-order valence-electron chi connectivity index (χ3n) is 1.26. The summed E-state index contributed by atoms with van der Waals surface area (Å²) >= 11 is 3.70.